The van der Waals surface area contributed by atoms with Gasteiger partial charge in [-0.15, -0.1) is 0 Å². The number of halogens is 1. The van der Waals surface area contributed by atoms with E-state index >= 15 is 0 Å². The number of aliphatic hydroxyl groups is 1. The first-order valence-electron chi connectivity index (χ1n) is 3.32. The molecule has 0 aromatic rings. The highest BCUT2D eigenvalue weighted by atomic mass is 35.5. The maximum atomic E-state index is 8.05. The van der Waals surface area contributed by atoms with E-state index in [1.807, 2.05) is 13.8 Å². The van der Waals surface area contributed by atoms with Gasteiger partial charge in [0.1, 0.15) is 5.76 Å². The van der Waals surface area contributed by atoms with Gasteiger partial charge in [0.25, 0.3) is 0 Å². The normalized spacial score (nSPS) is 5.82. The largest absolute Gasteiger partial charge is 0.509 e. The molecule has 0 aromatic carbocycles. The first-order chi connectivity index (χ1) is 5.00. The molecule has 0 radical (unpaired) electrons. The van der Waals surface area contributed by atoms with Crippen LogP contribution in [0.2, 0.25) is 0 Å². The van der Waals surface area contributed by atoms with Gasteiger partial charge in [-0.05, 0) is 13.0 Å². The highest BCUT2D eigenvalue weighted by molar-refractivity contribution is 6.28. The van der Waals surface area contributed by atoms with Gasteiger partial charge in [-0.3, -0.25) is 0 Å². The first kappa shape index (κ1) is 16.7. The van der Waals surface area contributed by atoms with E-state index in [0.717, 1.165) is 0 Å². The third kappa shape index (κ3) is 290. The summed E-state index contributed by atoms with van der Waals surface area (Å²) in [6.07, 6.45) is 1.28. The van der Waals surface area contributed by atoms with Crippen LogP contribution in [0.1, 0.15) is 20.8 Å². The first-order valence-corrected chi connectivity index (χ1v) is 3.69. The van der Waals surface area contributed by atoms with Crippen molar-refractivity contribution in [1.82, 2.24) is 0 Å². The number of rotatable bonds is 1. The molecule has 0 heterocycles. The lowest BCUT2D eigenvalue weighted by Crippen LogP contribution is -1.59. The van der Waals surface area contributed by atoms with Crippen LogP contribution in [-0.4, -0.2) is 5.11 Å². The topological polar surface area (TPSA) is 20.2 Å². The smallest absolute Gasteiger partial charge is 0.107 e. The molecule has 0 saturated heterocycles. The lowest BCUT2D eigenvalue weighted by Gasteiger charge is -1.73. The van der Waals surface area contributed by atoms with E-state index in [-0.39, 0.29) is 5.76 Å². The molecule has 0 aromatic heterocycles. The van der Waals surface area contributed by atoms with Gasteiger partial charge in [0.2, 0.25) is 0 Å². The fraction of sp³-hybridized carbons (Fsp3) is 0.333. The molecule has 1 nitrogen and oxygen atoms in total. The van der Waals surface area contributed by atoms with Crippen LogP contribution in [0.4, 0.5) is 0 Å². The van der Waals surface area contributed by atoms with E-state index in [1.54, 1.807) is 6.92 Å². The second kappa shape index (κ2) is 16.1. The molecule has 0 fully saturated rings. The van der Waals surface area contributed by atoms with Gasteiger partial charge in [0, 0.05) is 5.03 Å². The van der Waals surface area contributed by atoms with Gasteiger partial charge in [-0.2, -0.15) is 0 Å². The monoisotopic (exact) mass is 176 g/mol. The van der Waals surface area contributed by atoms with Gasteiger partial charge in [0.05, 0.1) is 0 Å². The lowest BCUT2D eigenvalue weighted by molar-refractivity contribution is 0.435. The SMILES string of the molecule is C=C(C)Cl.C=CC(=C)O.CC. The minimum Gasteiger partial charge on any atom is -0.509 e. The van der Waals surface area contributed by atoms with Gasteiger partial charge in [0.15, 0.2) is 0 Å². The van der Waals surface area contributed by atoms with Crippen LogP contribution < -0.4 is 0 Å². The summed E-state index contributed by atoms with van der Waals surface area (Å²) in [6, 6.07) is 0. The zero-order valence-corrected chi connectivity index (χ0v) is 8.28. The van der Waals surface area contributed by atoms with Crippen LogP contribution in [-0.2, 0) is 0 Å². The van der Waals surface area contributed by atoms with Crippen molar-refractivity contribution in [3.63, 3.8) is 0 Å². The Balaban J connectivity index is -0.0000000965. The maximum Gasteiger partial charge on any atom is 0.107 e. The molecule has 0 aliphatic rings. The number of hydrogen-bond donors (Lipinski definition) is 1. The lowest BCUT2D eigenvalue weighted by atomic mass is 10.6. The summed E-state index contributed by atoms with van der Waals surface area (Å²) in [6.45, 7) is 15.4. The second-order valence-corrected chi connectivity index (χ2v) is 2.02. The fourth-order valence-electron chi connectivity index (χ4n) is 0. The molecule has 0 spiro atoms. The average molecular weight is 177 g/mol. The summed E-state index contributed by atoms with van der Waals surface area (Å²) in [5.41, 5.74) is 0. The predicted octanol–water partition coefficient (Wildman–Crippen LogP) is 4.03. The van der Waals surface area contributed by atoms with Crippen molar-refractivity contribution < 1.29 is 5.11 Å². The predicted molar refractivity (Wildman–Crippen MR) is 54.0 cm³/mol. The van der Waals surface area contributed by atoms with E-state index < -0.39 is 0 Å². The number of aliphatic hydroxyl groups excluding tert-OH is 1. The van der Waals surface area contributed by atoms with Crippen molar-refractivity contribution in [2.45, 2.75) is 20.8 Å². The molecule has 0 amide bonds. The molecular formula is C9H17ClO. The van der Waals surface area contributed by atoms with Gasteiger partial charge >= 0.3 is 0 Å². The molecule has 0 unspecified atom stereocenters. The zero-order chi connectivity index (χ0) is 9.86. The van der Waals surface area contributed by atoms with E-state index in [9.17, 15) is 0 Å². The average Bonchev–Trinajstić information content (AvgIpc) is 1.91. The van der Waals surface area contributed by atoms with Crippen LogP contribution in [0.3, 0.4) is 0 Å². The summed E-state index contributed by atoms with van der Waals surface area (Å²) in [5, 5.41) is 8.69. The molecule has 0 bridgehead atoms. The second-order valence-electron chi connectivity index (χ2n) is 1.37. The summed E-state index contributed by atoms with van der Waals surface area (Å²) < 4.78 is 0. The Morgan fingerprint density at radius 3 is 1.45 bits per heavy atom. The van der Waals surface area contributed by atoms with Gasteiger partial charge in [-0.1, -0.05) is 45.2 Å². The fourth-order valence-corrected chi connectivity index (χ4v) is 0. The van der Waals surface area contributed by atoms with Crippen molar-refractivity contribution >= 4 is 11.6 Å². The third-order valence-corrected chi connectivity index (χ3v) is 0.236. The molecule has 0 atom stereocenters. The van der Waals surface area contributed by atoms with Crippen LogP contribution in [0.15, 0.2) is 36.6 Å². The van der Waals surface area contributed by atoms with E-state index in [1.165, 1.54) is 6.08 Å². The third-order valence-electron chi connectivity index (χ3n) is 0.236. The number of hydrogen-bond acceptors (Lipinski definition) is 1. The zero-order valence-electron chi connectivity index (χ0n) is 7.52. The summed E-state index contributed by atoms with van der Waals surface area (Å²) in [4.78, 5) is 0. The molecule has 0 aliphatic heterocycles. The Bertz CT molecular complexity index is 113. The quantitative estimate of drug-likeness (QED) is 0.473. The van der Waals surface area contributed by atoms with Crippen LogP contribution >= 0.6 is 11.6 Å². The molecule has 66 valence electrons. The van der Waals surface area contributed by atoms with Crippen molar-refractivity contribution in [1.29, 1.82) is 0 Å². The number of allylic oxidation sites excluding steroid dienone is 2. The van der Waals surface area contributed by atoms with Gasteiger partial charge < -0.3 is 5.11 Å². The highest BCUT2D eigenvalue weighted by Crippen LogP contribution is 1.87. The molecule has 0 aliphatic carbocycles. The molecule has 2 heteroatoms. The summed E-state index contributed by atoms with van der Waals surface area (Å²) >= 11 is 5.08. The Morgan fingerprint density at radius 1 is 1.36 bits per heavy atom. The van der Waals surface area contributed by atoms with Crippen molar-refractivity contribution in [2.75, 3.05) is 0 Å². The Morgan fingerprint density at radius 2 is 1.45 bits per heavy atom. The van der Waals surface area contributed by atoms with Crippen LogP contribution in [0, 0.1) is 0 Å². The molecule has 0 saturated carbocycles. The van der Waals surface area contributed by atoms with E-state index in [2.05, 4.69) is 19.7 Å². The summed E-state index contributed by atoms with van der Waals surface area (Å²) in [7, 11) is 0. The van der Waals surface area contributed by atoms with Gasteiger partial charge in [-0.25, -0.2) is 0 Å². The summed E-state index contributed by atoms with van der Waals surface area (Å²) in [5.74, 6) is 0.0185. The minimum absolute atomic E-state index is 0.0185. The Labute approximate surface area is 74.7 Å². The Hall–Kier alpha value is -0.690. The van der Waals surface area contributed by atoms with Crippen molar-refractivity contribution in [3.05, 3.63) is 36.6 Å². The van der Waals surface area contributed by atoms with E-state index in [4.69, 9.17) is 16.7 Å². The van der Waals surface area contributed by atoms with Crippen molar-refractivity contribution in [2.24, 2.45) is 0 Å². The molecule has 1 N–H and O–H groups in total. The van der Waals surface area contributed by atoms with Crippen LogP contribution in [0.25, 0.3) is 0 Å². The highest BCUT2D eigenvalue weighted by Gasteiger charge is 1.62. The molecule has 11 heavy (non-hydrogen) atoms. The maximum absolute atomic E-state index is 8.05. The van der Waals surface area contributed by atoms with E-state index in [0.29, 0.717) is 5.03 Å². The van der Waals surface area contributed by atoms with Crippen molar-refractivity contribution in [3.8, 4) is 0 Å². The Kier molecular flexibility index (Phi) is 24.5. The molecule has 0 rings (SSSR count). The van der Waals surface area contributed by atoms with Crippen LogP contribution in [0.5, 0.6) is 0 Å². The molecular weight excluding hydrogens is 160 g/mol. The standard InChI is InChI=1S/C4H6O.C3H5Cl.C2H6/c1-3-4(2)5;1-3(2)4;1-2/h3,5H,1-2H2;1H2,2H3;1-2H3. The minimum atomic E-state index is 0.0185.